The average molecular weight is 526 g/mol. The third-order valence-electron chi connectivity index (χ3n) is 6.89. The molecule has 0 fully saturated rings. The van der Waals surface area contributed by atoms with Gasteiger partial charge in [0, 0.05) is 36.9 Å². The zero-order chi connectivity index (χ0) is 27.7. The molecule has 0 aromatic heterocycles. The van der Waals surface area contributed by atoms with Crippen molar-refractivity contribution < 1.29 is 24.2 Å². The largest absolute Gasteiger partial charge is 0.490 e. The molecule has 0 unspecified atom stereocenters. The van der Waals surface area contributed by atoms with E-state index in [9.17, 15) is 14.7 Å². The van der Waals surface area contributed by atoms with E-state index in [2.05, 4.69) is 17.1 Å². The minimum Gasteiger partial charge on any atom is -0.490 e. The highest BCUT2D eigenvalue weighted by molar-refractivity contribution is 6.05. The molecule has 2 N–H and O–H groups in total. The summed E-state index contributed by atoms with van der Waals surface area (Å²) in [6, 6.07) is 13.7. The molecule has 0 spiro atoms. The molecular weight excluding hydrogens is 482 g/mol. The summed E-state index contributed by atoms with van der Waals surface area (Å²) in [5.41, 5.74) is 1.39. The van der Waals surface area contributed by atoms with Crippen LogP contribution in [0.2, 0.25) is 0 Å². The van der Waals surface area contributed by atoms with E-state index in [0.29, 0.717) is 35.7 Å². The van der Waals surface area contributed by atoms with Gasteiger partial charge in [0.25, 0.3) is 11.8 Å². The van der Waals surface area contributed by atoms with E-state index in [4.69, 9.17) is 9.47 Å². The van der Waals surface area contributed by atoms with Crippen LogP contribution < -0.4 is 10.1 Å². The van der Waals surface area contributed by atoms with Crippen LogP contribution in [0.3, 0.4) is 0 Å². The molecule has 8 heteroatoms. The van der Waals surface area contributed by atoms with Gasteiger partial charge >= 0.3 is 0 Å². The number of anilines is 1. The van der Waals surface area contributed by atoms with Crippen molar-refractivity contribution in [2.24, 2.45) is 5.92 Å². The average Bonchev–Trinajstić information content (AvgIpc) is 2.90. The van der Waals surface area contributed by atoms with Crippen molar-refractivity contribution in [1.82, 2.24) is 9.80 Å². The molecule has 1 heterocycles. The van der Waals surface area contributed by atoms with Crippen molar-refractivity contribution in [3.63, 3.8) is 0 Å². The van der Waals surface area contributed by atoms with Gasteiger partial charge < -0.3 is 29.7 Å². The maximum absolute atomic E-state index is 14.1. The number of hydrogen-bond acceptors (Lipinski definition) is 6. The van der Waals surface area contributed by atoms with Crippen molar-refractivity contribution in [2.45, 2.75) is 58.3 Å². The van der Waals surface area contributed by atoms with Crippen LogP contribution in [-0.2, 0) is 4.74 Å². The normalized spacial score (nSPS) is 22.2. The second-order valence-electron chi connectivity index (χ2n) is 10.6. The first-order chi connectivity index (χ1) is 18.2. The Bertz CT molecular complexity index is 1050. The van der Waals surface area contributed by atoms with Crippen LogP contribution >= 0.6 is 0 Å². The lowest BCUT2D eigenvalue weighted by Crippen LogP contribution is -2.47. The molecule has 1 aliphatic heterocycles. The molecule has 2 aromatic rings. The molecule has 0 saturated heterocycles. The summed E-state index contributed by atoms with van der Waals surface area (Å²) in [6.07, 6.45) is 2.55. The van der Waals surface area contributed by atoms with Gasteiger partial charge in [0.2, 0.25) is 0 Å². The minimum absolute atomic E-state index is 0.0301. The van der Waals surface area contributed by atoms with E-state index in [-0.39, 0.29) is 36.5 Å². The van der Waals surface area contributed by atoms with Crippen LogP contribution in [0.15, 0.2) is 48.5 Å². The number of amides is 2. The van der Waals surface area contributed by atoms with E-state index < -0.39 is 6.04 Å². The number of likely N-dealkylation sites (N-methyl/N-ethyl adjacent to an activating group) is 1. The van der Waals surface area contributed by atoms with Gasteiger partial charge in [0.05, 0.1) is 30.4 Å². The minimum atomic E-state index is -0.411. The topological polar surface area (TPSA) is 91.3 Å². The Kier molecular flexibility index (Phi) is 11.1. The molecule has 2 amide bonds. The van der Waals surface area contributed by atoms with Crippen molar-refractivity contribution in [1.29, 1.82) is 0 Å². The third-order valence-corrected chi connectivity index (χ3v) is 6.89. The number of carbonyl (C=O) groups is 2. The van der Waals surface area contributed by atoms with Gasteiger partial charge in [-0.1, -0.05) is 25.1 Å². The number of ether oxygens (including phenoxy) is 2. The van der Waals surface area contributed by atoms with Gasteiger partial charge in [0.15, 0.2) is 0 Å². The van der Waals surface area contributed by atoms with Gasteiger partial charge in [-0.3, -0.25) is 9.59 Å². The number of carbonyl (C=O) groups excluding carboxylic acids is 2. The molecule has 8 nitrogen and oxygen atoms in total. The maximum atomic E-state index is 14.1. The molecule has 2 aromatic carbocycles. The summed E-state index contributed by atoms with van der Waals surface area (Å²) in [4.78, 5) is 30.6. The molecule has 0 aliphatic carbocycles. The van der Waals surface area contributed by atoms with E-state index in [1.54, 1.807) is 47.4 Å². The van der Waals surface area contributed by atoms with Crippen molar-refractivity contribution in [3.8, 4) is 5.75 Å². The lowest BCUT2D eigenvalue weighted by molar-refractivity contribution is -0.0137. The zero-order valence-corrected chi connectivity index (χ0v) is 23.4. The van der Waals surface area contributed by atoms with Gasteiger partial charge in [-0.05, 0) is 77.5 Å². The van der Waals surface area contributed by atoms with E-state index in [0.717, 1.165) is 25.8 Å². The summed E-state index contributed by atoms with van der Waals surface area (Å²) in [7, 11) is 4.03. The first-order valence-corrected chi connectivity index (χ1v) is 13.5. The van der Waals surface area contributed by atoms with Gasteiger partial charge in [-0.15, -0.1) is 0 Å². The Labute approximate surface area is 226 Å². The number of nitrogens with one attached hydrogen (secondary N) is 1. The fraction of sp³-hybridized carbons (Fsp3) is 0.533. The Morgan fingerprint density at radius 2 is 1.89 bits per heavy atom. The lowest BCUT2D eigenvalue weighted by Gasteiger charge is -2.35. The van der Waals surface area contributed by atoms with Crippen LogP contribution in [0.25, 0.3) is 0 Å². The molecule has 1 aliphatic rings. The van der Waals surface area contributed by atoms with E-state index in [1.165, 1.54) is 0 Å². The maximum Gasteiger partial charge on any atom is 0.258 e. The quantitative estimate of drug-likeness (QED) is 0.585. The number of aliphatic hydroxyl groups excluding tert-OH is 1. The highest BCUT2D eigenvalue weighted by atomic mass is 16.5. The van der Waals surface area contributed by atoms with E-state index >= 15 is 0 Å². The van der Waals surface area contributed by atoms with Crippen molar-refractivity contribution in [2.75, 3.05) is 45.7 Å². The third kappa shape index (κ3) is 8.28. The molecule has 0 bridgehead atoms. The predicted octanol–water partition coefficient (Wildman–Crippen LogP) is 4.30. The molecule has 4 atom stereocenters. The highest BCUT2D eigenvalue weighted by Crippen LogP contribution is 2.28. The Hall–Kier alpha value is -2.94. The Balaban J connectivity index is 1.98. The summed E-state index contributed by atoms with van der Waals surface area (Å²) < 4.78 is 12.5. The second-order valence-corrected chi connectivity index (χ2v) is 10.6. The Morgan fingerprint density at radius 3 is 2.58 bits per heavy atom. The zero-order valence-electron chi connectivity index (χ0n) is 23.4. The van der Waals surface area contributed by atoms with Crippen LogP contribution in [-0.4, -0.2) is 85.4 Å². The first-order valence-electron chi connectivity index (χ1n) is 13.5. The van der Waals surface area contributed by atoms with Crippen LogP contribution in [0.1, 0.15) is 60.7 Å². The second kappa shape index (κ2) is 14.3. The van der Waals surface area contributed by atoms with Gasteiger partial charge in [-0.25, -0.2) is 0 Å². The molecule has 3 rings (SSSR count). The summed E-state index contributed by atoms with van der Waals surface area (Å²) in [5.74, 6) is -0.00756. The fourth-order valence-corrected chi connectivity index (χ4v) is 4.62. The number of hydrogen-bond donors (Lipinski definition) is 2. The summed E-state index contributed by atoms with van der Waals surface area (Å²) in [5, 5.41) is 12.9. The van der Waals surface area contributed by atoms with Crippen LogP contribution in [0, 0.1) is 5.92 Å². The predicted molar refractivity (Wildman–Crippen MR) is 150 cm³/mol. The first kappa shape index (κ1) is 29.6. The number of nitrogens with zero attached hydrogens (tertiary/aromatic N) is 2. The Morgan fingerprint density at radius 1 is 1.16 bits per heavy atom. The lowest BCUT2D eigenvalue weighted by atomic mass is 10.0. The molecule has 0 saturated carbocycles. The van der Waals surface area contributed by atoms with Crippen molar-refractivity contribution >= 4 is 17.5 Å². The van der Waals surface area contributed by atoms with Gasteiger partial charge in [0.1, 0.15) is 5.75 Å². The monoisotopic (exact) mass is 525 g/mol. The number of fused-ring (bicyclic) bond motifs is 1. The van der Waals surface area contributed by atoms with Crippen molar-refractivity contribution in [3.05, 3.63) is 59.7 Å². The number of benzene rings is 2. The molecule has 0 radical (unpaired) electrons. The highest BCUT2D eigenvalue weighted by Gasteiger charge is 2.30. The standard InChI is InChI=1S/C30H43N3O5/c1-21-18-33(22(2)20-34)30(36)26-17-25(31-29(35)24-12-7-6-8-13-24)14-15-27(26)38-23(3)11-9-10-16-37-28(21)19-32(4)5/h6-8,12-15,17,21-23,28,34H,9-11,16,18-20H2,1-5H3,(H,31,35)/t21-,22-,23-,28+/m1/s1. The fourth-order valence-electron chi connectivity index (χ4n) is 4.62. The SMILES string of the molecule is C[C@@H]1CCCCO[C@@H](CN(C)C)[C@H](C)CN([C@H](C)CO)C(=O)c2cc(NC(=O)c3ccccc3)ccc2O1. The molecule has 208 valence electrons. The summed E-state index contributed by atoms with van der Waals surface area (Å²) in [6.45, 7) is 7.54. The van der Waals surface area contributed by atoms with Crippen LogP contribution in [0.5, 0.6) is 5.75 Å². The van der Waals surface area contributed by atoms with Gasteiger partial charge in [-0.2, -0.15) is 0 Å². The number of aliphatic hydroxyl groups is 1. The number of rotatable bonds is 6. The van der Waals surface area contributed by atoms with Crippen LogP contribution in [0.4, 0.5) is 5.69 Å². The van der Waals surface area contributed by atoms with E-state index in [1.807, 2.05) is 34.0 Å². The summed E-state index contributed by atoms with van der Waals surface area (Å²) >= 11 is 0. The molecular formula is C30H43N3O5. The molecule has 38 heavy (non-hydrogen) atoms. The smallest absolute Gasteiger partial charge is 0.258 e.